The van der Waals surface area contributed by atoms with E-state index in [2.05, 4.69) is 5.32 Å². The lowest BCUT2D eigenvalue weighted by Crippen LogP contribution is -2.46. The lowest BCUT2D eigenvalue weighted by atomic mass is 10.0. The molecule has 1 aliphatic rings. The molecule has 0 spiro atoms. The second-order valence-corrected chi connectivity index (χ2v) is 5.13. The standard InChI is InChI=1S/C14H19NO7/c16-6-9(8-4-2-1-3-5-8)15-13(20)11-10(18)12(19)14(21,7-17)22-11/h1-5,9-12,16-19,21H,6-7H2,(H,15,20)/t9-,10-,11+,12+,14-/m1/s1. The van der Waals surface area contributed by atoms with Gasteiger partial charge in [-0.1, -0.05) is 30.3 Å². The lowest BCUT2D eigenvalue weighted by molar-refractivity contribution is -0.244. The fraction of sp³-hybridized carbons (Fsp3) is 0.500. The molecule has 0 aromatic heterocycles. The summed E-state index contributed by atoms with van der Waals surface area (Å²) in [4.78, 5) is 12.1. The summed E-state index contributed by atoms with van der Waals surface area (Å²) in [5, 5.41) is 50.0. The average molecular weight is 313 g/mol. The zero-order valence-corrected chi connectivity index (χ0v) is 11.7. The summed E-state index contributed by atoms with van der Waals surface area (Å²) in [6.45, 7) is -1.36. The van der Waals surface area contributed by atoms with Crippen LogP contribution in [0.2, 0.25) is 0 Å². The molecule has 122 valence electrons. The summed E-state index contributed by atoms with van der Waals surface area (Å²) in [6.07, 6.45) is -5.09. The quantitative estimate of drug-likeness (QED) is 0.357. The molecule has 0 unspecified atom stereocenters. The Bertz CT molecular complexity index is 511. The summed E-state index contributed by atoms with van der Waals surface area (Å²) in [7, 11) is 0. The molecule has 0 saturated carbocycles. The Morgan fingerprint density at radius 1 is 1.27 bits per heavy atom. The summed E-state index contributed by atoms with van der Waals surface area (Å²) in [5.74, 6) is -3.22. The van der Waals surface area contributed by atoms with Crippen LogP contribution in [0, 0.1) is 0 Å². The van der Waals surface area contributed by atoms with E-state index in [1.54, 1.807) is 30.3 Å². The summed E-state index contributed by atoms with van der Waals surface area (Å²) in [5.41, 5.74) is 0.642. The Morgan fingerprint density at radius 2 is 1.91 bits per heavy atom. The number of carbonyl (C=O) groups excluding carboxylic acids is 1. The highest BCUT2D eigenvalue weighted by Crippen LogP contribution is 2.29. The molecule has 1 saturated heterocycles. The molecule has 0 aliphatic carbocycles. The lowest BCUT2D eigenvalue weighted by Gasteiger charge is -2.23. The van der Waals surface area contributed by atoms with Gasteiger partial charge in [-0.05, 0) is 5.56 Å². The van der Waals surface area contributed by atoms with Gasteiger partial charge >= 0.3 is 0 Å². The van der Waals surface area contributed by atoms with Gasteiger partial charge in [-0.2, -0.15) is 0 Å². The third-order valence-electron chi connectivity index (χ3n) is 3.61. The summed E-state index contributed by atoms with van der Waals surface area (Å²) < 4.78 is 4.88. The molecule has 0 bridgehead atoms. The highest BCUT2D eigenvalue weighted by molar-refractivity contribution is 5.82. The van der Waals surface area contributed by atoms with E-state index < -0.39 is 42.7 Å². The van der Waals surface area contributed by atoms with Crippen molar-refractivity contribution in [3.8, 4) is 0 Å². The zero-order valence-electron chi connectivity index (χ0n) is 11.7. The molecule has 8 nitrogen and oxygen atoms in total. The van der Waals surface area contributed by atoms with E-state index in [1.165, 1.54) is 0 Å². The highest BCUT2D eigenvalue weighted by Gasteiger charge is 2.55. The number of ether oxygens (including phenoxy) is 1. The molecule has 1 aliphatic heterocycles. The first-order chi connectivity index (χ1) is 10.4. The topological polar surface area (TPSA) is 139 Å². The van der Waals surface area contributed by atoms with Gasteiger partial charge in [0.2, 0.25) is 5.79 Å². The van der Waals surface area contributed by atoms with Crippen molar-refractivity contribution in [1.82, 2.24) is 5.32 Å². The molecule has 1 aromatic carbocycles. The minimum Gasteiger partial charge on any atom is -0.394 e. The van der Waals surface area contributed by atoms with Crippen molar-refractivity contribution < 1.29 is 35.1 Å². The van der Waals surface area contributed by atoms with Crippen LogP contribution in [0.1, 0.15) is 11.6 Å². The van der Waals surface area contributed by atoms with E-state index in [4.69, 9.17) is 9.84 Å². The van der Waals surface area contributed by atoms with E-state index in [9.17, 15) is 25.2 Å². The van der Waals surface area contributed by atoms with Crippen LogP contribution in [-0.2, 0) is 9.53 Å². The Balaban J connectivity index is 2.09. The first kappa shape index (κ1) is 16.8. The minimum atomic E-state index is -2.40. The molecule has 0 radical (unpaired) electrons. The van der Waals surface area contributed by atoms with Gasteiger partial charge in [0.05, 0.1) is 19.3 Å². The van der Waals surface area contributed by atoms with E-state index in [1.807, 2.05) is 0 Å². The number of rotatable bonds is 5. The monoisotopic (exact) mass is 313 g/mol. The number of carbonyl (C=O) groups is 1. The highest BCUT2D eigenvalue weighted by atomic mass is 16.7. The van der Waals surface area contributed by atoms with Gasteiger partial charge in [-0.15, -0.1) is 0 Å². The molecule has 1 fully saturated rings. The number of amides is 1. The van der Waals surface area contributed by atoms with Gasteiger partial charge in [0.15, 0.2) is 6.10 Å². The largest absolute Gasteiger partial charge is 0.394 e. The first-order valence-corrected chi connectivity index (χ1v) is 6.76. The van der Waals surface area contributed by atoms with Crippen molar-refractivity contribution >= 4 is 5.91 Å². The van der Waals surface area contributed by atoms with Crippen LogP contribution in [0.25, 0.3) is 0 Å². The number of hydrogen-bond donors (Lipinski definition) is 6. The molecular weight excluding hydrogens is 294 g/mol. The van der Waals surface area contributed by atoms with Crippen molar-refractivity contribution in [2.24, 2.45) is 0 Å². The summed E-state index contributed by atoms with van der Waals surface area (Å²) in [6, 6.07) is 7.92. The molecule has 8 heteroatoms. The summed E-state index contributed by atoms with van der Waals surface area (Å²) >= 11 is 0. The van der Waals surface area contributed by atoms with Crippen molar-refractivity contribution in [3.63, 3.8) is 0 Å². The smallest absolute Gasteiger partial charge is 0.252 e. The molecule has 1 heterocycles. The van der Waals surface area contributed by atoms with Crippen LogP contribution in [0.5, 0.6) is 0 Å². The van der Waals surface area contributed by atoms with Crippen LogP contribution in [0.15, 0.2) is 30.3 Å². The molecule has 1 aromatic rings. The fourth-order valence-corrected chi connectivity index (χ4v) is 2.30. The van der Waals surface area contributed by atoms with Gasteiger partial charge < -0.3 is 35.6 Å². The number of aliphatic hydroxyl groups excluding tert-OH is 4. The Hall–Kier alpha value is -1.55. The van der Waals surface area contributed by atoms with Gasteiger partial charge in [-0.3, -0.25) is 4.79 Å². The molecule has 22 heavy (non-hydrogen) atoms. The number of hydrogen-bond acceptors (Lipinski definition) is 7. The second-order valence-electron chi connectivity index (χ2n) is 5.13. The first-order valence-electron chi connectivity index (χ1n) is 6.76. The predicted molar refractivity (Wildman–Crippen MR) is 73.3 cm³/mol. The third-order valence-corrected chi connectivity index (χ3v) is 3.61. The van der Waals surface area contributed by atoms with E-state index in [0.29, 0.717) is 5.56 Å². The van der Waals surface area contributed by atoms with Crippen molar-refractivity contribution in [3.05, 3.63) is 35.9 Å². The van der Waals surface area contributed by atoms with Gasteiger partial charge in [0, 0.05) is 0 Å². The number of aliphatic hydroxyl groups is 5. The Morgan fingerprint density at radius 3 is 2.41 bits per heavy atom. The molecule has 5 atom stereocenters. The van der Waals surface area contributed by atoms with Crippen molar-refractivity contribution in [1.29, 1.82) is 0 Å². The van der Waals surface area contributed by atoms with Crippen LogP contribution >= 0.6 is 0 Å². The van der Waals surface area contributed by atoms with E-state index >= 15 is 0 Å². The maximum atomic E-state index is 12.1. The average Bonchev–Trinajstić information content (AvgIpc) is 2.78. The fourth-order valence-electron chi connectivity index (χ4n) is 2.30. The molecule has 2 rings (SSSR count). The Labute approximate surface area is 126 Å². The van der Waals surface area contributed by atoms with Crippen LogP contribution in [0.4, 0.5) is 0 Å². The molecular formula is C14H19NO7. The third kappa shape index (κ3) is 3.12. The maximum Gasteiger partial charge on any atom is 0.252 e. The predicted octanol–water partition coefficient (Wildman–Crippen LogP) is -2.36. The number of nitrogens with one attached hydrogen (secondary N) is 1. The number of benzene rings is 1. The van der Waals surface area contributed by atoms with Crippen LogP contribution in [-0.4, -0.2) is 68.8 Å². The van der Waals surface area contributed by atoms with Crippen LogP contribution in [0.3, 0.4) is 0 Å². The van der Waals surface area contributed by atoms with Crippen molar-refractivity contribution in [2.45, 2.75) is 30.1 Å². The minimum absolute atomic E-state index is 0.384. The maximum absolute atomic E-state index is 12.1. The zero-order chi connectivity index (χ0) is 16.3. The van der Waals surface area contributed by atoms with Gasteiger partial charge in [-0.25, -0.2) is 0 Å². The van der Waals surface area contributed by atoms with E-state index in [0.717, 1.165) is 0 Å². The van der Waals surface area contributed by atoms with Gasteiger partial charge in [0.1, 0.15) is 12.2 Å². The van der Waals surface area contributed by atoms with Crippen LogP contribution < -0.4 is 5.32 Å². The second kappa shape index (κ2) is 6.69. The SMILES string of the molecule is O=C(N[C@H](CO)c1ccccc1)[C@H]1O[C@](O)(CO)[C@@H](O)[C@@H]1O. The van der Waals surface area contributed by atoms with Gasteiger partial charge in [0.25, 0.3) is 5.91 Å². The molecule has 1 amide bonds. The van der Waals surface area contributed by atoms with E-state index in [-0.39, 0.29) is 6.61 Å². The van der Waals surface area contributed by atoms with Crippen molar-refractivity contribution in [2.75, 3.05) is 13.2 Å². The normalized spacial score (nSPS) is 32.7. The Kier molecular flexibility index (Phi) is 5.12. The molecule has 6 N–H and O–H groups in total.